The van der Waals surface area contributed by atoms with Gasteiger partial charge in [0.15, 0.2) is 0 Å². The van der Waals surface area contributed by atoms with Gasteiger partial charge in [0.1, 0.15) is 0 Å². The highest BCUT2D eigenvalue weighted by atomic mass is 15.0. The van der Waals surface area contributed by atoms with Crippen LogP contribution in [0.2, 0.25) is 0 Å². The zero-order valence-electron chi connectivity index (χ0n) is 22.7. The predicted molar refractivity (Wildman–Crippen MR) is 159 cm³/mol. The second-order valence-corrected chi connectivity index (χ2v) is 12.8. The molecule has 0 fully saturated rings. The average Bonchev–Trinajstić information content (AvgIpc) is 3.44. The zero-order chi connectivity index (χ0) is 25.6. The van der Waals surface area contributed by atoms with Crippen molar-refractivity contribution >= 4 is 33.0 Å². The Balaban J connectivity index is 1.47. The molecule has 4 aliphatic rings. The molecule has 0 saturated carbocycles. The second kappa shape index (κ2) is 6.61. The minimum Gasteiger partial charge on any atom is -0.309 e. The average molecular weight is 493 g/mol. The van der Waals surface area contributed by atoms with Crippen molar-refractivity contribution in [1.29, 1.82) is 0 Å². The van der Waals surface area contributed by atoms with Crippen molar-refractivity contribution in [2.75, 3.05) is 0 Å². The molecule has 0 saturated heterocycles. The van der Waals surface area contributed by atoms with Crippen LogP contribution >= 0.6 is 0 Å². The molecule has 0 amide bonds. The van der Waals surface area contributed by atoms with Gasteiger partial charge in [-0.1, -0.05) is 76.2 Å². The lowest BCUT2D eigenvalue weighted by molar-refractivity contribution is 0.631. The Hall–Kier alpha value is -3.78. The predicted octanol–water partition coefficient (Wildman–Crippen LogP) is 8.82. The molecule has 186 valence electrons. The summed E-state index contributed by atoms with van der Waals surface area (Å²) in [6.45, 7) is 9.79. The third kappa shape index (κ3) is 2.25. The van der Waals surface area contributed by atoms with E-state index in [1.54, 1.807) is 0 Å². The lowest BCUT2D eigenvalue weighted by atomic mass is 9.67. The number of nitrogens with zero attached hydrogens (tertiary/aromatic N) is 2. The van der Waals surface area contributed by atoms with Gasteiger partial charge < -0.3 is 9.13 Å². The minimum atomic E-state index is -0.0623. The first-order chi connectivity index (χ1) is 18.4. The van der Waals surface area contributed by atoms with Gasteiger partial charge in [-0.3, -0.25) is 0 Å². The van der Waals surface area contributed by atoms with E-state index in [0.29, 0.717) is 0 Å². The van der Waals surface area contributed by atoms with Gasteiger partial charge in [-0.15, -0.1) is 0 Å². The standard InChI is InChI=1S/C36H32N2/c1-35(2)25-15-9-13-23-21-11-5-7-17-29(21)37(33(23)25)31-20-28-32(19-27(31)35)38-30-18-8-6-12-22(30)24-14-10-16-26(34(24)38)36(28,3)4/h5-8,11-12,15-20H,9-10,13-14H2,1-4H3. The van der Waals surface area contributed by atoms with Gasteiger partial charge in [0.2, 0.25) is 0 Å². The Morgan fingerprint density at radius 3 is 1.45 bits per heavy atom. The highest BCUT2D eigenvalue weighted by molar-refractivity contribution is 6.00. The van der Waals surface area contributed by atoms with Crippen molar-refractivity contribution < 1.29 is 0 Å². The lowest BCUT2D eigenvalue weighted by Crippen LogP contribution is -2.34. The van der Waals surface area contributed by atoms with Gasteiger partial charge in [-0.2, -0.15) is 0 Å². The van der Waals surface area contributed by atoms with Crippen molar-refractivity contribution in [3.05, 3.63) is 106 Å². The van der Waals surface area contributed by atoms with Crippen LogP contribution in [0, 0.1) is 0 Å². The molecule has 3 aromatic carbocycles. The monoisotopic (exact) mass is 492 g/mol. The molecular formula is C36H32N2. The van der Waals surface area contributed by atoms with Crippen LogP contribution in [0.3, 0.4) is 0 Å². The number of aromatic nitrogens is 2. The molecule has 4 heterocycles. The maximum atomic E-state index is 2.61. The van der Waals surface area contributed by atoms with E-state index >= 15 is 0 Å². The molecule has 9 rings (SSSR count). The van der Waals surface area contributed by atoms with Crippen molar-refractivity contribution in [1.82, 2.24) is 9.13 Å². The topological polar surface area (TPSA) is 9.86 Å². The van der Waals surface area contributed by atoms with Crippen LogP contribution in [-0.2, 0) is 23.7 Å². The highest BCUT2D eigenvalue weighted by Crippen LogP contribution is 2.56. The van der Waals surface area contributed by atoms with Crippen molar-refractivity contribution in [2.24, 2.45) is 0 Å². The molecule has 2 nitrogen and oxygen atoms in total. The van der Waals surface area contributed by atoms with Gasteiger partial charge in [-0.05, 0) is 83.3 Å². The Bertz CT molecular complexity index is 1820. The third-order valence-corrected chi connectivity index (χ3v) is 10.2. The van der Waals surface area contributed by atoms with Crippen LogP contribution in [0.1, 0.15) is 74.2 Å². The summed E-state index contributed by atoms with van der Waals surface area (Å²) in [7, 11) is 0. The molecule has 0 unspecified atom stereocenters. The third-order valence-electron chi connectivity index (χ3n) is 10.2. The van der Waals surface area contributed by atoms with E-state index in [1.807, 2.05) is 0 Å². The van der Waals surface area contributed by atoms with E-state index in [1.165, 1.54) is 78.0 Å². The summed E-state index contributed by atoms with van der Waals surface area (Å²) in [5.41, 5.74) is 17.2. The maximum Gasteiger partial charge on any atom is 0.0538 e. The van der Waals surface area contributed by atoms with Gasteiger partial charge in [-0.25, -0.2) is 0 Å². The lowest BCUT2D eigenvalue weighted by Gasteiger charge is -2.43. The largest absolute Gasteiger partial charge is 0.309 e. The van der Waals surface area contributed by atoms with E-state index in [2.05, 4.69) is 110 Å². The van der Waals surface area contributed by atoms with Crippen LogP contribution in [0.15, 0.2) is 72.8 Å². The van der Waals surface area contributed by atoms with Crippen LogP contribution in [0.25, 0.3) is 44.3 Å². The first-order valence-corrected chi connectivity index (χ1v) is 14.3. The number of hydrogen-bond acceptors (Lipinski definition) is 0. The minimum absolute atomic E-state index is 0.0623. The Morgan fingerprint density at radius 2 is 1.00 bits per heavy atom. The van der Waals surface area contributed by atoms with Gasteiger partial charge in [0, 0.05) is 21.6 Å². The number of para-hydroxylation sites is 2. The van der Waals surface area contributed by atoms with E-state index < -0.39 is 0 Å². The first-order valence-electron chi connectivity index (χ1n) is 14.3. The summed E-state index contributed by atoms with van der Waals surface area (Å²) in [5.74, 6) is 0. The summed E-state index contributed by atoms with van der Waals surface area (Å²) in [6.07, 6.45) is 9.55. The van der Waals surface area contributed by atoms with Crippen LogP contribution < -0.4 is 0 Å². The zero-order valence-corrected chi connectivity index (χ0v) is 22.7. The smallest absolute Gasteiger partial charge is 0.0538 e. The summed E-state index contributed by atoms with van der Waals surface area (Å²) in [4.78, 5) is 0. The summed E-state index contributed by atoms with van der Waals surface area (Å²) in [5, 5.41) is 2.85. The quantitative estimate of drug-likeness (QED) is 0.204. The number of allylic oxidation sites excluding steroid dienone is 4. The molecule has 0 spiro atoms. The van der Waals surface area contributed by atoms with Gasteiger partial charge in [0.25, 0.3) is 0 Å². The van der Waals surface area contributed by atoms with E-state index in [9.17, 15) is 0 Å². The SMILES string of the molecule is CC1(C)C2=CCCc3c2n(c2ccccc32)-c2cc3c(cc21)-n1c2c(c4ccccc41)CCC=C2C3(C)C. The normalized spacial score (nSPS) is 19.4. The maximum absolute atomic E-state index is 2.61. The van der Waals surface area contributed by atoms with Crippen molar-refractivity contribution in [3.8, 4) is 11.4 Å². The molecule has 2 heteroatoms. The van der Waals surface area contributed by atoms with Gasteiger partial charge >= 0.3 is 0 Å². The fraction of sp³-hybridized carbons (Fsp3) is 0.278. The molecule has 0 radical (unpaired) electrons. The molecule has 0 atom stereocenters. The molecule has 38 heavy (non-hydrogen) atoms. The molecule has 5 aromatic rings. The highest BCUT2D eigenvalue weighted by Gasteiger charge is 2.44. The van der Waals surface area contributed by atoms with Crippen LogP contribution in [0.4, 0.5) is 0 Å². The summed E-state index contributed by atoms with van der Waals surface area (Å²) < 4.78 is 5.22. The number of hydrogen-bond donors (Lipinski definition) is 0. The van der Waals surface area contributed by atoms with E-state index in [0.717, 1.165) is 25.7 Å². The fourth-order valence-electron chi connectivity index (χ4n) is 8.44. The fourth-order valence-corrected chi connectivity index (χ4v) is 8.44. The summed E-state index contributed by atoms with van der Waals surface area (Å²) >= 11 is 0. The number of benzene rings is 3. The molecule has 2 aliphatic carbocycles. The molecule has 2 aliphatic heterocycles. The molecule has 0 N–H and O–H groups in total. The second-order valence-electron chi connectivity index (χ2n) is 12.8. The Labute approximate surface area is 223 Å². The first kappa shape index (κ1) is 21.2. The molecular weight excluding hydrogens is 460 g/mol. The van der Waals surface area contributed by atoms with E-state index in [-0.39, 0.29) is 10.8 Å². The van der Waals surface area contributed by atoms with Crippen molar-refractivity contribution in [2.45, 2.75) is 64.2 Å². The summed E-state index contributed by atoms with van der Waals surface area (Å²) in [6, 6.07) is 23.3. The van der Waals surface area contributed by atoms with Crippen LogP contribution in [-0.4, -0.2) is 9.13 Å². The van der Waals surface area contributed by atoms with Crippen molar-refractivity contribution in [3.63, 3.8) is 0 Å². The number of fused-ring (bicyclic) bond motifs is 10. The number of aryl methyl sites for hydroxylation is 2. The Kier molecular flexibility index (Phi) is 3.69. The van der Waals surface area contributed by atoms with Gasteiger partial charge in [0.05, 0.1) is 33.8 Å². The molecule has 2 aromatic heterocycles. The van der Waals surface area contributed by atoms with E-state index in [4.69, 9.17) is 0 Å². The number of rotatable bonds is 0. The Morgan fingerprint density at radius 1 is 0.579 bits per heavy atom. The molecule has 0 bridgehead atoms. The van der Waals surface area contributed by atoms with Crippen LogP contribution in [0.5, 0.6) is 0 Å².